The zero-order valence-electron chi connectivity index (χ0n) is 34.7. The molecule has 292 valence electrons. The molecule has 56 heavy (non-hydrogen) atoms. The quantitative estimate of drug-likeness (QED) is 0.121. The summed E-state index contributed by atoms with van der Waals surface area (Å²) in [6.07, 6.45) is 5.79. The third-order valence-electron chi connectivity index (χ3n) is 11.4. The van der Waals surface area contributed by atoms with Crippen LogP contribution in [0.4, 0.5) is 0 Å². The van der Waals surface area contributed by atoms with Crippen LogP contribution in [0.1, 0.15) is 111 Å². The smallest absolute Gasteiger partial charge is 0.509 e. The Bertz CT molecular complexity index is 2440. The standard InChI is InChI=1S/C50H56N4O.Pt/c1-11-17-43-48(35-19-14-13-15-20-35)45(18-12-2)54(52-43)38-21-16-22-39(31-38)55-40-24-25-41-42-29-36(33(3)34(4)49(5,6)7)23-26-44(42)53(46(41)32-40)47-30-37(27-28-51-47)50(8,9)10;/h13-16,19-30,33-34H,11-12,17-18H2,1-10H3;/q-2;+2. The van der Waals surface area contributed by atoms with Crippen molar-refractivity contribution < 1.29 is 25.8 Å². The van der Waals surface area contributed by atoms with E-state index in [4.69, 9.17) is 14.8 Å². The molecular formula is C50H56N4OPt. The summed E-state index contributed by atoms with van der Waals surface area (Å²) in [5.41, 5.74) is 10.4. The molecule has 0 N–H and O–H groups in total. The molecule has 5 nitrogen and oxygen atoms in total. The van der Waals surface area contributed by atoms with E-state index in [0.29, 0.717) is 23.3 Å². The molecular weight excluding hydrogens is 868 g/mol. The second-order valence-electron chi connectivity index (χ2n) is 17.3. The van der Waals surface area contributed by atoms with Gasteiger partial charge >= 0.3 is 21.1 Å². The molecule has 6 heteroatoms. The van der Waals surface area contributed by atoms with Crippen LogP contribution >= 0.6 is 0 Å². The number of pyridine rings is 1. The SMILES string of the molecule is CCCc1nn(-c2[c-]c(Oc3[c-]c4c(cc3)c3cc(C(C)C(C)C(C)(C)C)ccc3n4-c3cc(C(C)(C)C)ccn3)ccc2)c(CCC)c1-c1ccccc1.[Pt+2]. The summed E-state index contributed by atoms with van der Waals surface area (Å²) >= 11 is 0. The largest absolute Gasteiger partial charge is 2.00 e. The van der Waals surface area contributed by atoms with Crippen molar-refractivity contribution in [1.29, 1.82) is 0 Å². The van der Waals surface area contributed by atoms with Gasteiger partial charge in [-0.15, -0.1) is 35.7 Å². The van der Waals surface area contributed by atoms with Gasteiger partial charge in [0.25, 0.3) is 0 Å². The Hall–Kier alpha value is -4.47. The molecule has 3 heterocycles. The predicted octanol–water partition coefficient (Wildman–Crippen LogP) is 13.4. The van der Waals surface area contributed by atoms with Crippen LogP contribution in [0.5, 0.6) is 11.5 Å². The molecule has 2 atom stereocenters. The molecule has 2 unspecified atom stereocenters. The van der Waals surface area contributed by atoms with Crippen LogP contribution in [0.25, 0.3) is 44.4 Å². The van der Waals surface area contributed by atoms with Crippen molar-refractivity contribution >= 4 is 21.8 Å². The number of aryl methyl sites for hydroxylation is 1. The van der Waals surface area contributed by atoms with Gasteiger partial charge < -0.3 is 9.30 Å². The predicted molar refractivity (Wildman–Crippen MR) is 229 cm³/mol. The van der Waals surface area contributed by atoms with Gasteiger partial charge in [-0.05, 0) is 81.5 Å². The third kappa shape index (κ3) is 8.16. The third-order valence-corrected chi connectivity index (χ3v) is 11.4. The summed E-state index contributed by atoms with van der Waals surface area (Å²) in [6, 6.07) is 39.5. The Morgan fingerprint density at radius 2 is 1.48 bits per heavy atom. The van der Waals surface area contributed by atoms with Crippen molar-refractivity contribution in [3.8, 4) is 34.1 Å². The second-order valence-corrected chi connectivity index (χ2v) is 17.3. The summed E-state index contributed by atoms with van der Waals surface area (Å²) in [5, 5.41) is 7.52. The summed E-state index contributed by atoms with van der Waals surface area (Å²) in [5.74, 6) is 3.02. The minimum absolute atomic E-state index is 0. The summed E-state index contributed by atoms with van der Waals surface area (Å²) in [4.78, 5) is 4.93. The topological polar surface area (TPSA) is 44.9 Å². The maximum atomic E-state index is 6.63. The van der Waals surface area contributed by atoms with Crippen LogP contribution in [-0.4, -0.2) is 19.3 Å². The van der Waals surface area contributed by atoms with E-state index in [1.54, 1.807) is 0 Å². The van der Waals surface area contributed by atoms with E-state index in [9.17, 15) is 0 Å². The number of aromatic nitrogens is 4. The zero-order chi connectivity index (χ0) is 39.1. The normalized spacial score (nSPS) is 13.2. The maximum Gasteiger partial charge on any atom is 2.00 e. The van der Waals surface area contributed by atoms with Gasteiger partial charge in [-0.25, -0.2) is 4.98 Å². The van der Waals surface area contributed by atoms with E-state index in [1.807, 2.05) is 24.4 Å². The molecule has 7 aromatic rings. The average molecular weight is 924 g/mol. The number of hydrogen-bond donors (Lipinski definition) is 0. The van der Waals surface area contributed by atoms with Gasteiger partial charge in [0.2, 0.25) is 0 Å². The fraction of sp³-hybridized carbons (Fsp3) is 0.360. The van der Waals surface area contributed by atoms with Gasteiger partial charge in [0, 0.05) is 34.5 Å². The second kappa shape index (κ2) is 16.6. The Morgan fingerprint density at radius 3 is 2.18 bits per heavy atom. The van der Waals surface area contributed by atoms with Gasteiger partial charge in [0.05, 0.1) is 5.69 Å². The van der Waals surface area contributed by atoms with E-state index >= 15 is 0 Å². The molecule has 4 aromatic carbocycles. The van der Waals surface area contributed by atoms with Crippen LogP contribution in [0, 0.1) is 23.5 Å². The van der Waals surface area contributed by atoms with Crippen molar-refractivity contribution in [3.05, 3.63) is 132 Å². The molecule has 0 fully saturated rings. The molecule has 0 aliphatic carbocycles. The number of benzene rings is 4. The first kappa shape index (κ1) is 41.2. The van der Waals surface area contributed by atoms with E-state index in [2.05, 4.69) is 163 Å². The van der Waals surface area contributed by atoms with Crippen LogP contribution < -0.4 is 4.74 Å². The Morgan fingerprint density at radius 1 is 0.750 bits per heavy atom. The molecule has 0 saturated carbocycles. The van der Waals surface area contributed by atoms with Gasteiger partial charge in [0.15, 0.2) is 0 Å². The number of fused-ring (bicyclic) bond motifs is 3. The van der Waals surface area contributed by atoms with Crippen molar-refractivity contribution in [2.45, 2.75) is 106 Å². The van der Waals surface area contributed by atoms with Gasteiger partial charge in [-0.1, -0.05) is 130 Å². The van der Waals surface area contributed by atoms with Crippen LogP contribution in [-0.2, 0) is 39.3 Å². The first-order chi connectivity index (χ1) is 26.3. The fourth-order valence-electron chi connectivity index (χ4n) is 7.83. The van der Waals surface area contributed by atoms with Crippen molar-refractivity contribution in [2.75, 3.05) is 0 Å². The van der Waals surface area contributed by atoms with Crippen LogP contribution in [0.2, 0.25) is 0 Å². The molecule has 0 bridgehead atoms. The average Bonchev–Trinajstić information content (AvgIpc) is 3.68. The molecule has 0 aliphatic heterocycles. The first-order valence-corrected chi connectivity index (χ1v) is 20.1. The molecule has 0 amide bonds. The molecule has 0 saturated heterocycles. The van der Waals surface area contributed by atoms with E-state index < -0.39 is 0 Å². The summed E-state index contributed by atoms with van der Waals surface area (Å²) in [6.45, 7) is 22.9. The molecule has 0 spiro atoms. The van der Waals surface area contributed by atoms with Crippen molar-refractivity contribution in [1.82, 2.24) is 19.3 Å². The van der Waals surface area contributed by atoms with Crippen LogP contribution in [0.15, 0.2) is 97.2 Å². The van der Waals surface area contributed by atoms with Gasteiger partial charge in [-0.3, -0.25) is 4.68 Å². The Kier molecular flexibility index (Phi) is 12.2. The minimum Gasteiger partial charge on any atom is -0.509 e. The van der Waals surface area contributed by atoms with Crippen molar-refractivity contribution in [3.63, 3.8) is 0 Å². The number of nitrogens with zero attached hydrogens (tertiary/aromatic N) is 4. The fourth-order valence-corrected chi connectivity index (χ4v) is 7.83. The van der Waals surface area contributed by atoms with E-state index in [1.165, 1.54) is 33.3 Å². The van der Waals surface area contributed by atoms with Crippen LogP contribution in [0.3, 0.4) is 0 Å². The Labute approximate surface area is 348 Å². The Balaban J connectivity index is 0.00000532. The molecule has 0 radical (unpaired) electrons. The van der Waals surface area contributed by atoms with E-state index in [-0.39, 0.29) is 31.9 Å². The zero-order valence-corrected chi connectivity index (χ0v) is 37.0. The van der Waals surface area contributed by atoms with Crippen molar-refractivity contribution in [2.24, 2.45) is 11.3 Å². The number of ether oxygens (including phenoxy) is 1. The minimum atomic E-state index is -0.0221. The number of hydrogen-bond acceptors (Lipinski definition) is 3. The van der Waals surface area contributed by atoms with Gasteiger partial charge in [0.1, 0.15) is 5.82 Å². The maximum absolute atomic E-state index is 6.63. The van der Waals surface area contributed by atoms with Gasteiger partial charge in [-0.2, -0.15) is 17.2 Å². The first-order valence-electron chi connectivity index (χ1n) is 20.1. The molecule has 7 rings (SSSR count). The summed E-state index contributed by atoms with van der Waals surface area (Å²) in [7, 11) is 0. The summed E-state index contributed by atoms with van der Waals surface area (Å²) < 4.78 is 11.0. The van der Waals surface area contributed by atoms with E-state index in [0.717, 1.165) is 59.3 Å². The monoisotopic (exact) mass is 923 g/mol. The molecule has 0 aliphatic rings. The number of rotatable bonds is 11. The molecule has 3 aromatic heterocycles.